The van der Waals surface area contributed by atoms with Gasteiger partial charge in [-0.3, -0.25) is 4.99 Å². The smallest absolute Gasteiger partial charge is 0.191 e. The van der Waals surface area contributed by atoms with E-state index in [0.717, 1.165) is 23.3 Å². The van der Waals surface area contributed by atoms with Gasteiger partial charge >= 0.3 is 0 Å². The number of guanidine groups is 1. The summed E-state index contributed by atoms with van der Waals surface area (Å²) in [5.41, 5.74) is 1.41. The lowest BCUT2D eigenvalue weighted by Crippen LogP contribution is -2.43. The molecule has 2 atom stereocenters. The van der Waals surface area contributed by atoms with E-state index in [-0.39, 0.29) is 24.0 Å². The van der Waals surface area contributed by atoms with Gasteiger partial charge in [0.25, 0.3) is 0 Å². The summed E-state index contributed by atoms with van der Waals surface area (Å²) in [6.45, 7) is 0. The van der Waals surface area contributed by atoms with Crippen molar-refractivity contribution in [3.63, 3.8) is 0 Å². The molecular formula is C16H21BrIN3. The number of halogens is 2. The quantitative estimate of drug-likeness (QED) is 0.311. The molecule has 0 radical (unpaired) electrons. The minimum atomic E-state index is 0. The molecule has 114 valence electrons. The summed E-state index contributed by atoms with van der Waals surface area (Å²) in [4.78, 5) is 4.33. The molecule has 3 nitrogen and oxygen atoms in total. The molecule has 1 aromatic carbocycles. The van der Waals surface area contributed by atoms with Crippen molar-refractivity contribution in [1.29, 1.82) is 0 Å². The largest absolute Gasteiger partial charge is 0.353 e. The predicted molar refractivity (Wildman–Crippen MR) is 102 cm³/mol. The van der Waals surface area contributed by atoms with Crippen LogP contribution in [0, 0.1) is 0 Å². The van der Waals surface area contributed by atoms with Crippen LogP contribution in [0.25, 0.3) is 0 Å². The van der Waals surface area contributed by atoms with Crippen LogP contribution in [0.15, 0.2) is 45.9 Å². The van der Waals surface area contributed by atoms with E-state index in [9.17, 15) is 0 Å². The third-order valence-corrected chi connectivity index (χ3v) is 4.51. The topological polar surface area (TPSA) is 36.4 Å². The minimum Gasteiger partial charge on any atom is -0.353 e. The average molecular weight is 462 g/mol. The van der Waals surface area contributed by atoms with E-state index in [1.165, 1.54) is 12.0 Å². The molecule has 2 aliphatic carbocycles. The summed E-state index contributed by atoms with van der Waals surface area (Å²) >= 11 is 3.48. The first kappa shape index (κ1) is 16.8. The lowest BCUT2D eigenvalue weighted by atomic mass is 10.1. The number of hydrogen-bond donors (Lipinski definition) is 2. The highest BCUT2D eigenvalue weighted by Crippen LogP contribution is 2.41. The van der Waals surface area contributed by atoms with Gasteiger partial charge in [-0.2, -0.15) is 0 Å². The van der Waals surface area contributed by atoms with Crippen LogP contribution in [-0.2, 0) is 0 Å². The van der Waals surface area contributed by atoms with Crippen LogP contribution in [0.1, 0.15) is 30.7 Å². The highest BCUT2D eigenvalue weighted by Gasteiger charge is 2.39. The van der Waals surface area contributed by atoms with Gasteiger partial charge < -0.3 is 10.6 Å². The second kappa shape index (κ2) is 7.63. The predicted octanol–water partition coefficient (Wildman–Crippen LogP) is 3.81. The van der Waals surface area contributed by atoms with Gasteiger partial charge in [0.1, 0.15) is 0 Å². The molecule has 0 bridgehead atoms. The molecule has 0 aliphatic heterocycles. The zero-order chi connectivity index (χ0) is 13.9. The Kier molecular flexibility index (Phi) is 6.10. The monoisotopic (exact) mass is 461 g/mol. The molecule has 3 rings (SSSR count). The lowest BCUT2D eigenvalue weighted by Gasteiger charge is -2.17. The molecule has 0 heterocycles. The molecule has 1 fully saturated rings. The molecular weight excluding hydrogens is 441 g/mol. The summed E-state index contributed by atoms with van der Waals surface area (Å²) < 4.78 is 1.14. The Morgan fingerprint density at radius 2 is 1.81 bits per heavy atom. The molecule has 5 heteroatoms. The standard InChI is InChI=1S/C16H20BrN3.HI/c1-18-16(19-13-4-2-3-5-13)20-15-10-14(15)11-6-8-12(17)9-7-11;/h2-3,6-9,13-15H,4-5,10H2,1H3,(H2,18,19,20);1H. The fourth-order valence-corrected chi connectivity index (χ4v) is 2.97. The van der Waals surface area contributed by atoms with Crippen molar-refractivity contribution < 1.29 is 0 Å². The SMILES string of the molecule is CN=C(NC1CC=CC1)NC1CC1c1ccc(Br)cc1.I. The average Bonchev–Trinajstić information content (AvgIpc) is 3.02. The van der Waals surface area contributed by atoms with Crippen LogP contribution in [-0.4, -0.2) is 25.1 Å². The van der Waals surface area contributed by atoms with Gasteiger partial charge in [0, 0.05) is 29.5 Å². The molecule has 0 saturated heterocycles. The molecule has 0 amide bonds. The summed E-state index contributed by atoms with van der Waals surface area (Å²) in [7, 11) is 1.84. The molecule has 21 heavy (non-hydrogen) atoms. The van der Waals surface area contributed by atoms with E-state index in [2.05, 4.69) is 68.0 Å². The first-order valence-corrected chi connectivity index (χ1v) is 7.96. The van der Waals surface area contributed by atoms with Crippen molar-refractivity contribution in [2.75, 3.05) is 7.05 Å². The third-order valence-electron chi connectivity index (χ3n) is 3.98. The third kappa shape index (κ3) is 4.45. The summed E-state index contributed by atoms with van der Waals surface area (Å²) in [5.74, 6) is 1.55. The van der Waals surface area contributed by atoms with Crippen LogP contribution in [0.5, 0.6) is 0 Å². The highest BCUT2D eigenvalue weighted by atomic mass is 127. The number of nitrogens with zero attached hydrogens (tertiary/aromatic N) is 1. The first-order valence-electron chi connectivity index (χ1n) is 7.16. The van der Waals surface area contributed by atoms with Crippen molar-refractivity contribution in [1.82, 2.24) is 10.6 Å². The molecule has 0 spiro atoms. The van der Waals surface area contributed by atoms with Gasteiger partial charge in [-0.05, 0) is 37.0 Å². The van der Waals surface area contributed by atoms with Gasteiger partial charge in [-0.15, -0.1) is 24.0 Å². The Morgan fingerprint density at radius 1 is 1.14 bits per heavy atom. The van der Waals surface area contributed by atoms with E-state index in [1.807, 2.05) is 7.05 Å². The van der Waals surface area contributed by atoms with Crippen LogP contribution in [0.3, 0.4) is 0 Å². The fourth-order valence-electron chi connectivity index (χ4n) is 2.71. The van der Waals surface area contributed by atoms with Crippen molar-refractivity contribution in [3.05, 3.63) is 46.5 Å². The number of rotatable bonds is 3. The highest BCUT2D eigenvalue weighted by molar-refractivity contribution is 14.0. The van der Waals surface area contributed by atoms with Crippen molar-refractivity contribution in [3.8, 4) is 0 Å². The van der Waals surface area contributed by atoms with E-state index < -0.39 is 0 Å². The van der Waals surface area contributed by atoms with Crippen molar-refractivity contribution in [2.24, 2.45) is 4.99 Å². The van der Waals surface area contributed by atoms with Gasteiger partial charge in [-0.1, -0.05) is 40.2 Å². The number of benzene rings is 1. The first-order chi connectivity index (χ1) is 9.76. The van der Waals surface area contributed by atoms with E-state index in [4.69, 9.17) is 0 Å². The second-order valence-electron chi connectivity index (χ2n) is 5.50. The maximum atomic E-state index is 4.33. The summed E-state index contributed by atoms with van der Waals surface area (Å²) in [6.07, 6.45) is 7.84. The zero-order valence-electron chi connectivity index (χ0n) is 12.1. The van der Waals surface area contributed by atoms with E-state index >= 15 is 0 Å². The number of hydrogen-bond acceptors (Lipinski definition) is 1. The van der Waals surface area contributed by atoms with E-state index in [0.29, 0.717) is 18.0 Å². The number of aliphatic imine (C=N–C) groups is 1. The normalized spacial score (nSPS) is 24.6. The van der Waals surface area contributed by atoms with E-state index in [1.54, 1.807) is 0 Å². The maximum Gasteiger partial charge on any atom is 0.191 e. The Morgan fingerprint density at radius 3 is 2.43 bits per heavy atom. The van der Waals surface area contributed by atoms with Crippen molar-refractivity contribution >= 4 is 45.9 Å². The van der Waals surface area contributed by atoms with Gasteiger partial charge in [0.15, 0.2) is 5.96 Å². The molecule has 2 unspecified atom stereocenters. The molecule has 2 aliphatic rings. The maximum absolute atomic E-state index is 4.33. The zero-order valence-corrected chi connectivity index (χ0v) is 16.0. The van der Waals surface area contributed by atoms with Gasteiger partial charge in [-0.25, -0.2) is 0 Å². The Bertz CT molecular complexity index is 519. The van der Waals surface area contributed by atoms with Gasteiger partial charge in [0.05, 0.1) is 0 Å². The van der Waals surface area contributed by atoms with Crippen LogP contribution >= 0.6 is 39.9 Å². The van der Waals surface area contributed by atoms with Crippen LogP contribution < -0.4 is 10.6 Å². The van der Waals surface area contributed by atoms with Crippen LogP contribution in [0.2, 0.25) is 0 Å². The van der Waals surface area contributed by atoms with Crippen LogP contribution in [0.4, 0.5) is 0 Å². The Labute approximate surface area is 151 Å². The molecule has 1 saturated carbocycles. The summed E-state index contributed by atoms with van der Waals surface area (Å²) in [5, 5.41) is 7.02. The minimum absolute atomic E-state index is 0. The number of nitrogens with one attached hydrogen (secondary N) is 2. The Hall–Kier alpha value is -0.560. The van der Waals surface area contributed by atoms with Gasteiger partial charge in [0.2, 0.25) is 0 Å². The Balaban J connectivity index is 0.00000161. The molecule has 2 N–H and O–H groups in total. The molecule has 0 aromatic heterocycles. The molecule has 1 aromatic rings. The lowest BCUT2D eigenvalue weighted by molar-refractivity contribution is 0.631. The fraction of sp³-hybridized carbons (Fsp3) is 0.438. The summed E-state index contributed by atoms with van der Waals surface area (Å²) in [6, 6.07) is 9.65. The second-order valence-corrected chi connectivity index (χ2v) is 6.42. The van der Waals surface area contributed by atoms with Crippen molar-refractivity contribution in [2.45, 2.75) is 37.3 Å².